The number of hydrogen-bond acceptors (Lipinski definition) is 5. The van der Waals surface area contributed by atoms with Crippen LogP contribution in [-0.4, -0.2) is 58.5 Å². The van der Waals surface area contributed by atoms with Crippen molar-refractivity contribution in [1.29, 1.82) is 0 Å². The summed E-state index contributed by atoms with van der Waals surface area (Å²) in [7, 11) is 0. The van der Waals surface area contributed by atoms with Crippen molar-refractivity contribution in [3.8, 4) is 0 Å². The summed E-state index contributed by atoms with van der Waals surface area (Å²) in [5.74, 6) is -0.446. The second-order valence-electron chi connectivity index (χ2n) is 4.96. The molecule has 2 rings (SSSR count). The highest BCUT2D eigenvalue weighted by Crippen LogP contribution is 2.20. The topological polar surface area (TPSA) is 99.0 Å². The van der Waals surface area contributed by atoms with Gasteiger partial charge in [-0.1, -0.05) is 30.3 Å². The third-order valence-electron chi connectivity index (χ3n) is 3.41. The Labute approximate surface area is 121 Å². The Balaban J connectivity index is 1.96. The fourth-order valence-electron chi connectivity index (χ4n) is 2.25. The maximum absolute atomic E-state index is 12.6. The molecular weight excluding hydrogens is 281 g/mol. The summed E-state index contributed by atoms with van der Waals surface area (Å²) in [6.45, 7) is -1.04. The molecule has 1 aromatic rings. The van der Waals surface area contributed by atoms with E-state index in [1.54, 1.807) is 24.3 Å². The van der Waals surface area contributed by atoms with Crippen molar-refractivity contribution in [2.45, 2.75) is 37.1 Å². The van der Waals surface area contributed by atoms with Crippen LogP contribution in [-0.2, 0) is 16.0 Å². The van der Waals surface area contributed by atoms with Crippen LogP contribution in [0, 0.1) is 0 Å². The summed E-state index contributed by atoms with van der Waals surface area (Å²) >= 11 is 0. The molecule has 1 fully saturated rings. The zero-order chi connectivity index (χ0) is 15.4. The highest BCUT2D eigenvalue weighted by atomic mass is 19.1. The molecule has 1 aliphatic rings. The van der Waals surface area contributed by atoms with Crippen molar-refractivity contribution >= 4 is 5.91 Å². The molecule has 21 heavy (non-hydrogen) atoms. The van der Waals surface area contributed by atoms with Crippen molar-refractivity contribution in [3.63, 3.8) is 0 Å². The van der Waals surface area contributed by atoms with E-state index < -0.39 is 43.2 Å². The molecule has 5 atom stereocenters. The first-order valence-electron chi connectivity index (χ1n) is 6.62. The van der Waals surface area contributed by atoms with Gasteiger partial charge in [0.05, 0.1) is 6.42 Å². The van der Waals surface area contributed by atoms with E-state index in [0.29, 0.717) is 0 Å². The van der Waals surface area contributed by atoms with Crippen molar-refractivity contribution < 1.29 is 29.2 Å². The molecule has 1 heterocycles. The van der Waals surface area contributed by atoms with E-state index in [1.165, 1.54) is 0 Å². The number of aliphatic hydroxyl groups excluding tert-OH is 3. The number of carbonyl (C=O) groups is 1. The zero-order valence-electron chi connectivity index (χ0n) is 11.2. The number of aliphatic hydroxyl groups is 3. The van der Waals surface area contributed by atoms with Gasteiger partial charge in [-0.25, -0.2) is 4.39 Å². The van der Waals surface area contributed by atoms with E-state index in [-0.39, 0.29) is 6.42 Å². The van der Waals surface area contributed by atoms with Gasteiger partial charge in [-0.2, -0.15) is 0 Å². The van der Waals surface area contributed by atoms with E-state index in [1.807, 2.05) is 6.07 Å². The molecule has 7 heteroatoms. The molecule has 4 N–H and O–H groups in total. The van der Waals surface area contributed by atoms with Crippen molar-refractivity contribution in [2.75, 3.05) is 6.67 Å². The number of carbonyl (C=O) groups excluding carboxylic acids is 1. The van der Waals surface area contributed by atoms with Crippen molar-refractivity contribution in [2.24, 2.45) is 0 Å². The molecule has 0 unspecified atom stereocenters. The van der Waals surface area contributed by atoms with Gasteiger partial charge < -0.3 is 25.4 Å². The van der Waals surface area contributed by atoms with Crippen molar-refractivity contribution in [3.05, 3.63) is 35.9 Å². The van der Waals surface area contributed by atoms with Gasteiger partial charge in [0.25, 0.3) is 0 Å². The largest absolute Gasteiger partial charge is 0.388 e. The van der Waals surface area contributed by atoms with Crippen LogP contribution in [0.2, 0.25) is 0 Å². The minimum atomic E-state index is -1.58. The van der Waals surface area contributed by atoms with Gasteiger partial charge in [0.1, 0.15) is 31.0 Å². The SMILES string of the molecule is O=C(Cc1ccccc1)N[C@@H]1[C@@H](O)[C@@H](O)[C@@H](CF)O[C@@H]1O. The number of rotatable bonds is 4. The van der Waals surface area contributed by atoms with Crippen LogP contribution >= 0.6 is 0 Å². The monoisotopic (exact) mass is 299 g/mol. The lowest BCUT2D eigenvalue weighted by molar-refractivity contribution is -0.249. The Morgan fingerprint density at radius 2 is 1.86 bits per heavy atom. The summed E-state index contributed by atoms with van der Waals surface area (Å²) in [5, 5.41) is 31.6. The number of amides is 1. The van der Waals surface area contributed by atoms with E-state index in [0.717, 1.165) is 5.56 Å². The van der Waals surface area contributed by atoms with E-state index >= 15 is 0 Å². The van der Waals surface area contributed by atoms with Crippen LogP contribution in [0.25, 0.3) is 0 Å². The number of hydrogen-bond donors (Lipinski definition) is 4. The van der Waals surface area contributed by atoms with Gasteiger partial charge in [-0.3, -0.25) is 4.79 Å². The molecule has 1 amide bonds. The van der Waals surface area contributed by atoms with Gasteiger partial charge in [0, 0.05) is 0 Å². The fourth-order valence-corrected chi connectivity index (χ4v) is 2.25. The Morgan fingerprint density at radius 1 is 1.19 bits per heavy atom. The lowest BCUT2D eigenvalue weighted by atomic mass is 9.97. The molecular formula is C14H18FNO5. The van der Waals surface area contributed by atoms with Gasteiger partial charge in [0.2, 0.25) is 5.91 Å². The molecule has 116 valence electrons. The molecule has 6 nitrogen and oxygen atoms in total. The summed E-state index contributed by atoms with van der Waals surface area (Å²) in [6.07, 6.45) is -5.85. The normalized spacial score (nSPS) is 32.7. The maximum atomic E-state index is 12.6. The number of alkyl halides is 1. The van der Waals surface area contributed by atoms with Crippen LogP contribution in [0.1, 0.15) is 5.56 Å². The van der Waals surface area contributed by atoms with E-state index in [2.05, 4.69) is 5.32 Å². The average Bonchev–Trinajstić information content (AvgIpc) is 2.48. The first kappa shape index (κ1) is 15.8. The average molecular weight is 299 g/mol. The number of halogens is 1. The van der Waals surface area contributed by atoms with Crippen LogP contribution in [0.5, 0.6) is 0 Å². The minimum absolute atomic E-state index is 0.0550. The Hall–Kier alpha value is -1.54. The lowest BCUT2D eigenvalue weighted by Crippen LogP contribution is -2.64. The predicted molar refractivity (Wildman–Crippen MR) is 70.9 cm³/mol. The Bertz CT molecular complexity index is 472. The van der Waals surface area contributed by atoms with Gasteiger partial charge in [-0.05, 0) is 5.56 Å². The maximum Gasteiger partial charge on any atom is 0.224 e. The minimum Gasteiger partial charge on any atom is -0.388 e. The highest BCUT2D eigenvalue weighted by molar-refractivity contribution is 5.79. The van der Waals surface area contributed by atoms with Crippen molar-refractivity contribution in [1.82, 2.24) is 5.32 Å². The first-order valence-corrected chi connectivity index (χ1v) is 6.62. The quantitative estimate of drug-likeness (QED) is 0.579. The summed E-state index contributed by atoms with van der Waals surface area (Å²) < 4.78 is 17.4. The molecule has 0 aromatic heterocycles. The first-order chi connectivity index (χ1) is 10.0. The van der Waals surface area contributed by atoms with Gasteiger partial charge >= 0.3 is 0 Å². The van der Waals surface area contributed by atoms with Crippen LogP contribution < -0.4 is 5.32 Å². The lowest BCUT2D eigenvalue weighted by Gasteiger charge is -2.40. The predicted octanol–water partition coefficient (Wildman–Crippen LogP) is -0.878. The molecule has 0 aliphatic carbocycles. The summed E-state index contributed by atoms with van der Waals surface area (Å²) in [5.41, 5.74) is 0.762. The van der Waals surface area contributed by atoms with Gasteiger partial charge in [0.15, 0.2) is 6.29 Å². The van der Waals surface area contributed by atoms with Crippen LogP contribution in [0.4, 0.5) is 4.39 Å². The number of ether oxygens (including phenoxy) is 1. The number of nitrogens with one attached hydrogen (secondary N) is 1. The highest BCUT2D eigenvalue weighted by Gasteiger charge is 2.44. The third-order valence-corrected chi connectivity index (χ3v) is 3.41. The van der Waals surface area contributed by atoms with E-state index in [9.17, 15) is 24.5 Å². The Morgan fingerprint density at radius 3 is 2.48 bits per heavy atom. The summed E-state index contributed by atoms with van der Waals surface area (Å²) in [6, 6.07) is 7.70. The molecule has 0 radical (unpaired) electrons. The van der Waals surface area contributed by atoms with Crippen LogP contribution in [0.15, 0.2) is 30.3 Å². The Kier molecular flexibility index (Phi) is 5.24. The number of benzene rings is 1. The zero-order valence-corrected chi connectivity index (χ0v) is 11.2. The molecule has 0 spiro atoms. The second kappa shape index (κ2) is 6.95. The third kappa shape index (κ3) is 3.76. The van der Waals surface area contributed by atoms with Gasteiger partial charge in [-0.15, -0.1) is 0 Å². The van der Waals surface area contributed by atoms with E-state index in [4.69, 9.17) is 4.74 Å². The standard InChI is InChI=1S/C14H18FNO5/c15-7-9-12(18)13(19)11(14(20)21-9)16-10(17)6-8-4-2-1-3-5-8/h1-5,9,11-14,18-20H,6-7H2,(H,16,17)/t9-,11-,12+,13-,14+/m1/s1. The smallest absolute Gasteiger partial charge is 0.224 e. The molecule has 1 aliphatic heterocycles. The summed E-state index contributed by atoms with van der Waals surface area (Å²) in [4.78, 5) is 11.9. The second-order valence-corrected chi connectivity index (χ2v) is 4.96. The molecule has 1 aromatic carbocycles. The van der Waals surface area contributed by atoms with Crippen LogP contribution in [0.3, 0.4) is 0 Å². The fraction of sp³-hybridized carbons (Fsp3) is 0.500. The molecule has 0 saturated carbocycles. The molecule has 0 bridgehead atoms. The molecule has 1 saturated heterocycles.